The van der Waals surface area contributed by atoms with Gasteiger partial charge in [0.05, 0.1) is 11.2 Å². The van der Waals surface area contributed by atoms with Crippen molar-refractivity contribution < 1.29 is 0 Å². The molecule has 2 saturated carbocycles. The fraction of sp³-hybridized carbons (Fsp3) is 0.464. The largest absolute Gasteiger partial charge is 0.370 e. The number of fused-ring (bicyclic) bond motifs is 1. The summed E-state index contributed by atoms with van der Waals surface area (Å²) < 4.78 is 1.61. The molecule has 6 heteroatoms. The minimum Gasteiger partial charge on any atom is -0.370 e. The molecular formula is C28H33N5O. The fourth-order valence-electron chi connectivity index (χ4n) is 5.44. The van der Waals surface area contributed by atoms with Gasteiger partial charge in [-0.15, -0.1) is 0 Å². The van der Waals surface area contributed by atoms with Crippen LogP contribution in [0.3, 0.4) is 0 Å². The number of aryl methyl sites for hydroxylation is 1. The Morgan fingerprint density at radius 1 is 1.03 bits per heavy atom. The molecule has 0 unspecified atom stereocenters. The molecule has 0 spiro atoms. The summed E-state index contributed by atoms with van der Waals surface area (Å²) in [5.41, 5.74) is 4.05. The first-order chi connectivity index (χ1) is 16.5. The number of aromatic nitrogens is 2. The Kier molecular flexibility index (Phi) is 6.38. The summed E-state index contributed by atoms with van der Waals surface area (Å²) in [6.07, 6.45) is 7.24. The molecule has 0 N–H and O–H groups in total. The standard InChI is InChI=1S/C28H33N5O/c1-31(26-16-27(34)32(2)25-15-10-22(17-29)30-28(25)26)23-11-13-24(14-12-23)33(19-21-8-9-21)18-20-6-4-3-5-7-20/h3-7,10,15-16,21,23-24H,8-9,11-14,18-19H2,1-2H3/t23-,24+. The van der Waals surface area contributed by atoms with Crippen molar-refractivity contribution >= 4 is 16.7 Å². The Balaban J connectivity index is 1.33. The van der Waals surface area contributed by atoms with Crippen molar-refractivity contribution in [1.82, 2.24) is 14.5 Å². The molecule has 2 aliphatic carbocycles. The lowest BCUT2D eigenvalue weighted by atomic mass is 9.88. The van der Waals surface area contributed by atoms with Crippen molar-refractivity contribution in [3.8, 4) is 6.07 Å². The Morgan fingerprint density at radius 3 is 2.41 bits per heavy atom. The van der Waals surface area contributed by atoms with E-state index in [1.54, 1.807) is 23.7 Å². The van der Waals surface area contributed by atoms with Gasteiger partial charge in [0.25, 0.3) is 5.56 Å². The summed E-state index contributed by atoms with van der Waals surface area (Å²) in [5, 5.41) is 9.35. The van der Waals surface area contributed by atoms with E-state index in [2.05, 4.69) is 58.2 Å². The van der Waals surface area contributed by atoms with Crippen LogP contribution in [0, 0.1) is 17.2 Å². The van der Waals surface area contributed by atoms with Gasteiger partial charge in [-0.05, 0) is 62.1 Å². The van der Waals surface area contributed by atoms with Crippen LogP contribution in [0.15, 0.2) is 53.3 Å². The van der Waals surface area contributed by atoms with Gasteiger partial charge in [-0.3, -0.25) is 9.69 Å². The second-order valence-corrected chi connectivity index (χ2v) is 10.0. The third-order valence-electron chi connectivity index (χ3n) is 7.71. The molecular weight excluding hydrogens is 422 g/mol. The Morgan fingerprint density at radius 2 is 1.74 bits per heavy atom. The Bertz CT molecular complexity index is 1250. The highest BCUT2D eigenvalue weighted by molar-refractivity contribution is 5.88. The minimum atomic E-state index is -0.0481. The highest BCUT2D eigenvalue weighted by Crippen LogP contribution is 2.35. The molecule has 0 amide bonds. The third kappa shape index (κ3) is 4.71. The monoisotopic (exact) mass is 455 g/mol. The maximum absolute atomic E-state index is 12.7. The van der Waals surface area contributed by atoms with E-state index >= 15 is 0 Å². The van der Waals surface area contributed by atoms with E-state index in [0.29, 0.717) is 17.8 Å². The van der Waals surface area contributed by atoms with Crippen molar-refractivity contribution in [2.45, 2.75) is 57.2 Å². The molecule has 2 heterocycles. The number of nitriles is 1. The molecule has 0 atom stereocenters. The average molecular weight is 456 g/mol. The van der Waals surface area contributed by atoms with Gasteiger partial charge >= 0.3 is 0 Å². The zero-order chi connectivity index (χ0) is 23.7. The van der Waals surface area contributed by atoms with Crippen LogP contribution in [0.25, 0.3) is 11.0 Å². The number of pyridine rings is 2. The van der Waals surface area contributed by atoms with Crippen LogP contribution >= 0.6 is 0 Å². The van der Waals surface area contributed by atoms with E-state index in [4.69, 9.17) is 0 Å². The third-order valence-corrected chi connectivity index (χ3v) is 7.71. The fourth-order valence-corrected chi connectivity index (χ4v) is 5.44. The van der Waals surface area contributed by atoms with Crippen molar-refractivity contribution in [3.05, 3.63) is 70.1 Å². The van der Waals surface area contributed by atoms with E-state index < -0.39 is 0 Å². The van der Waals surface area contributed by atoms with Crippen LogP contribution in [0.5, 0.6) is 0 Å². The maximum Gasteiger partial charge on any atom is 0.252 e. The molecule has 6 nitrogen and oxygen atoms in total. The Hall–Kier alpha value is -3.17. The van der Waals surface area contributed by atoms with Gasteiger partial charge in [0.15, 0.2) is 0 Å². The van der Waals surface area contributed by atoms with Crippen molar-refractivity contribution in [3.63, 3.8) is 0 Å². The van der Waals surface area contributed by atoms with E-state index in [9.17, 15) is 10.1 Å². The predicted octanol–water partition coefficient (Wildman–Crippen LogP) is 4.46. The second-order valence-electron chi connectivity index (χ2n) is 10.0. The number of nitrogens with zero attached hydrogens (tertiary/aromatic N) is 5. The summed E-state index contributed by atoms with van der Waals surface area (Å²) >= 11 is 0. The normalized spacial score (nSPS) is 20.4. The molecule has 0 saturated heterocycles. The molecule has 0 aliphatic heterocycles. The molecule has 3 aromatic rings. The summed E-state index contributed by atoms with van der Waals surface area (Å²) in [6.45, 7) is 2.24. The summed E-state index contributed by atoms with van der Waals surface area (Å²) in [7, 11) is 3.83. The number of benzene rings is 1. The van der Waals surface area contributed by atoms with Crippen molar-refractivity contribution in [1.29, 1.82) is 5.26 Å². The van der Waals surface area contributed by atoms with Gasteiger partial charge in [0, 0.05) is 45.3 Å². The smallest absolute Gasteiger partial charge is 0.252 e. The topological polar surface area (TPSA) is 65.2 Å². The number of rotatable bonds is 7. The first kappa shape index (κ1) is 22.6. The minimum absolute atomic E-state index is 0.0481. The van der Waals surface area contributed by atoms with Crippen LogP contribution < -0.4 is 10.5 Å². The molecule has 176 valence electrons. The lowest BCUT2D eigenvalue weighted by Gasteiger charge is -2.40. The molecule has 2 fully saturated rings. The van der Waals surface area contributed by atoms with E-state index in [1.165, 1.54) is 24.9 Å². The molecule has 0 bridgehead atoms. The van der Waals surface area contributed by atoms with Gasteiger partial charge in [-0.1, -0.05) is 30.3 Å². The molecule has 0 radical (unpaired) electrons. The van der Waals surface area contributed by atoms with E-state index in [1.807, 2.05) is 6.07 Å². The van der Waals surface area contributed by atoms with Crippen LogP contribution in [0.2, 0.25) is 0 Å². The van der Waals surface area contributed by atoms with Crippen molar-refractivity contribution in [2.75, 3.05) is 18.5 Å². The lowest BCUT2D eigenvalue weighted by molar-refractivity contribution is 0.135. The van der Waals surface area contributed by atoms with E-state index in [-0.39, 0.29) is 5.56 Å². The van der Waals surface area contributed by atoms with Gasteiger partial charge < -0.3 is 9.47 Å². The molecule has 2 aliphatic rings. The first-order valence-corrected chi connectivity index (χ1v) is 12.4. The number of hydrogen-bond donors (Lipinski definition) is 0. The van der Waals surface area contributed by atoms with Crippen LogP contribution in [-0.2, 0) is 13.6 Å². The molecule has 34 heavy (non-hydrogen) atoms. The zero-order valence-corrected chi connectivity index (χ0v) is 20.2. The van der Waals surface area contributed by atoms with Gasteiger partial charge in [0.1, 0.15) is 17.3 Å². The Labute approximate surface area is 201 Å². The first-order valence-electron chi connectivity index (χ1n) is 12.4. The van der Waals surface area contributed by atoms with E-state index in [0.717, 1.165) is 54.9 Å². The zero-order valence-electron chi connectivity index (χ0n) is 20.2. The second kappa shape index (κ2) is 9.60. The summed E-state index contributed by atoms with van der Waals surface area (Å²) in [5.74, 6) is 0.872. The highest BCUT2D eigenvalue weighted by Gasteiger charge is 2.32. The lowest BCUT2D eigenvalue weighted by Crippen LogP contribution is -2.44. The SMILES string of the molecule is Cn1c(=O)cc(N(C)[C@H]2CC[C@@H](N(Cc3ccccc3)CC3CC3)CC2)c2nc(C#N)ccc21. The summed E-state index contributed by atoms with van der Waals surface area (Å²) in [4.78, 5) is 22.2. The van der Waals surface area contributed by atoms with Crippen LogP contribution in [0.4, 0.5) is 5.69 Å². The predicted molar refractivity (Wildman–Crippen MR) is 136 cm³/mol. The maximum atomic E-state index is 12.7. The van der Waals surface area contributed by atoms with Crippen molar-refractivity contribution in [2.24, 2.45) is 13.0 Å². The van der Waals surface area contributed by atoms with Gasteiger partial charge in [0.2, 0.25) is 0 Å². The van der Waals surface area contributed by atoms with Gasteiger partial charge in [-0.25, -0.2) is 4.98 Å². The molecule has 2 aromatic heterocycles. The number of hydrogen-bond acceptors (Lipinski definition) is 5. The quantitative estimate of drug-likeness (QED) is 0.526. The van der Waals surface area contributed by atoms with Gasteiger partial charge in [-0.2, -0.15) is 5.26 Å². The highest BCUT2D eigenvalue weighted by atomic mass is 16.1. The number of anilines is 1. The average Bonchev–Trinajstić information content (AvgIpc) is 3.70. The van der Waals surface area contributed by atoms with Crippen LogP contribution in [0.1, 0.15) is 49.8 Å². The molecule has 5 rings (SSSR count). The van der Waals surface area contributed by atoms with Crippen LogP contribution in [-0.4, -0.2) is 40.1 Å². The molecule has 1 aromatic carbocycles. The summed E-state index contributed by atoms with van der Waals surface area (Å²) in [6, 6.07) is 19.1.